The van der Waals surface area contributed by atoms with Gasteiger partial charge in [0.05, 0.1) is 6.54 Å². The molecule has 0 aliphatic heterocycles. The highest BCUT2D eigenvalue weighted by atomic mass is 79.9. The molecule has 88 valence electrons. The zero-order valence-corrected chi connectivity index (χ0v) is 10.8. The van der Waals surface area contributed by atoms with E-state index in [1.54, 1.807) is 0 Å². The molecule has 1 amide bonds. The molecule has 0 aliphatic rings. The van der Waals surface area contributed by atoms with Crippen molar-refractivity contribution in [1.29, 1.82) is 0 Å². The van der Waals surface area contributed by atoms with Crippen molar-refractivity contribution < 1.29 is 4.79 Å². The van der Waals surface area contributed by atoms with Gasteiger partial charge in [-0.15, -0.1) is 0 Å². The molecule has 0 radical (unpaired) electrons. The fraction of sp³-hybridized carbons (Fsp3) is 0.364. The number of carbonyl (C=O) groups is 1. The number of rotatable bonds is 5. The van der Waals surface area contributed by atoms with Crippen LogP contribution >= 0.6 is 15.9 Å². The number of anilines is 1. The Morgan fingerprint density at radius 2 is 2.06 bits per heavy atom. The quantitative estimate of drug-likeness (QED) is 0.857. The number of likely N-dealkylation sites (N-methyl/N-ethyl adjacent to an activating group) is 1. The van der Waals surface area contributed by atoms with Gasteiger partial charge in [-0.25, -0.2) is 0 Å². The predicted octanol–water partition coefficient (Wildman–Crippen LogP) is 1.28. The number of nitrogens with two attached hydrogens (primary N) is 1. The predicted molar refractivity (Wildman–Crippen MR) is 69.3 cm³/mol. The van der Waals surface area contributed by atoms with Crippen molar-refractivity contribution in [1.82, 2.24) is 4.90 Å². The van der Waals surface area contributed by atoms with Crippen LogP contribution in [0.1, 0.15) is 0 Å². The minimum absolute atomic E-state index is 0.0294. The van der Waals surface area contributed by atoms with Gasteiger partial charge in [0.1, 0.15) is 0 Å². The summed E-state index contributed by atoms with van der Waals surface area (Å²) in [5, 5.41) is 2.82. The Hall–Kier alpha value is -0.910. The molecule has 3 N–H and O–H groups in total. The molecular formula is C11H16BrN3O. The second kappa shape index (κ2) is 6.62. The van der Waals surface area contributed by atoms with Crippen LogP contribution in [0.3, 0.4) is 0 Å². The highest BCUT2D eigenvalue weighted by Crippen LogP contribution is 2.13. The molecule has 4 nitrogen and oxygen atoms in total. The van der Waals surface area contributed by atoms with Crippen LogP contribution in [-0.2, 0) is 4.79 Å². The van der Waals surface area contributed by atoms with Gasteiger partial charge in [0.15, 0.2) is 0 Å². The molecular weight excluding hydrogens is 270 g/mol. The maximum absolute atomic E-state index is 11.6. The monoisotopic (exact) mass is 285 g/mol. The zero-order valence-electron chi connectivity index (χ0n) is 9.24. The van der Waals surface area contributed by atoms with Gasteiger partial charge < -0.3 is 11.1 Å². The smallest absolute Gasteiger partial charge is 0.238 e. The minimum atomic E-state index is -0.0294. The van der Waals surface area contributed by atoms with Gasteiger partial charge in [-0.3, -0.25) is 9.69 Å². The summed E-state index contributed by atoms with van der Waals surface area (Å²) in [6.45, 7) is 1.63. The first-order valence-electron chi connectivity index (χ1n) is 5.06. The Kier molecular flexibility index (Phi) is 5.45. The van der Waals surface area contributed by atoms with Crippen molar-refractivity contribution in [3.8, 4) is 0 Å². The Balaban J connectivity index is 2.42. The number of hydrogen-bond donors (Lipinski definition) is 2. The fourth-order valence-corrected chi connectivity index (χ4v) is 1.54. The molecule has 0 aliphatic carbocycles. The van der Waals surface area contributed by atoms with E-state index in [0.717, 1.165) is 10.2 Å². The van der Waals surface area contributed by atoms with E-state index in [4.69, 9.17) is 5.73 Å². The molecule has 0 atom stereocenters. The van der Waals surface area contributed by atoms with Crippen LogP contribution in [0.15, 0.2) is 28.7 Å². The van der Waals surface area contributed by atoms with E-state index in [2.05, 4.69) is 21.2 Å². The first kappa shape index (κ1) is 13.2. The van der Waals surface area contributed by atoms with E-state index >= 15 is 0 Å². The molecule has 0 bridgehead atoms. The molecule has 0 aromatic heterocycles. The summed E-state index contributed by atoms with van der Waals surface area (Å²) >= 11 is 3.34. The SMILES string of the molecule is CN(CCN)CC(=O)Nc1ccc(Br)cc1. The van der Waals surface area contributed by atoms with Gasteiger partial charge in [0.2, 0.25) is 5.91 Å². The van der Waals surface area contributed by atoms with Gasteiger partial charge in [-0.05, 0) is 31.3 Å². The van der Waals surface area contributed by atoms with Crippen molar-refractivity contribution in [2.45, 2.75) is 0 Å². The highest BCUT2D eigenvalue weighted by Gasteiger charge is 2.05. The highest BCUT2D eigenvalue weighted by molar-refractivity contribution is 9.10. The Labute approximate surface area is 104 Å². The third kappa shape index (κ3) is 4.74. The van der Waals surface area contributed by atoms with Crippen LogP contribution in [0.2, 0.25) is 0 Å². The van der Waals surface area contributed by atoms with Gasteiger partial charge >= 0.3 is 0 Å². The first-order chi connectivity index (χ1) is 7.61. The molecule has 0 saturated heterocycles. The van der Waals surface area contributed by atoms with E-state index in [1.165, 1.54) is 0 Å². The molecule has 0 heterocycles. The number of nitrogens with zero attached hydrogens (tertiary/aromatic N) is 1. The van der Waals surface area contributed by atoms with Crippen LogP contribution in [0.5, 0.6) is 0 Å². The molecule has 0 spiro atoms. The number of nitrogens with one attached hydrogen (secondary N) is 1. The normalized spacial score (nSPS) is 10.5. The van der Waals surface area contributed by atoms with Gasteiger partial charge in [-0.2, -0.15) is 0 Å². The van der Waals surface area contributed by atoms with Crippen molar-refractivity contribution in [3.63, 3.8) is 0 Å². The van der Waals surface area contributed by atoms with Crippen LogP contribution in [-0.4, -0.2) is 37.5 Å². The number of hydrogen-bond acceptors (Lipinski definition) is 3. The lowest BCUT2D eigenvalue weighted by molar-refractivity contribution is -0.117. The van der Waals surface area contributed by atoms with Gasteiger partial charge in [0, 0.05) is 23.2 Å². The van der Waals surface area contributed by atoms with Crippen LogP contribution in [0.4, 0.5) is 5.69 Å². The average molecular weight is 286 g/mol. The van der Waals surface area contributed by atoms with E-state index < -0.39 is 0 Å². The summed E-state index contributed by atoms with van der Waals surface area (Å²) < 4.78 is 0.991. The van der Waals surface area contributed by atoms with E-state index in [0.29, 0.717) is 19.6 Å². The largest absolute Gasteiger partial charge is 0.329 e. The zero-order chi connectivity index (χ0) is 12.0. The van der Waals surface area contributed by atoms with Crippen LogP contribution in [0.25, 0.3) is 0 Å². The van der Waals surface area contributed by atoms with Crippen LogP contribution in [0, 0.1) is 0 Å². The number of carbonyl (C=O) groups excluding carboxylic acids is 1. The first-order valence-corrected chi connectivity index (χ1v) is 5.85. The van der Waals surface area contributed by atoms with Gasteiger partial charge in [0.25, 0.3) is 0 Å². The lowest BCUT2D eigenvalue weighted by Gasteiger charge is -2.14. The molecule has 5 heteroatoms. The summed E-state index contributed by atoms with van der Waals surface area (Å²) in [7, 11) is 1.87. The lowest BCUT2D eigenvalue weighted by Crippen LogP contribution is -2.33. The van der Waals surface area contributed by atoms with Crippen molar-refractivity contribution in [2.75, 3.05) is 32.0 Å². The van der Waals surface area contributed by atoms with Gasteiger partial charge in [-0.1, -0.05) is 15.9 Å². The molecule has 1 aromatic rings. The standard InChI is InChI=1S/C11H16BrN3O/c1-15(7-6-13)8-11(16)14-10-4-2-9(12)3-5-10/h2-5H,6-8,13H2,1H3,(H,14,16). The third-order valence-corrected chi connectivity index (χ3v) is 2.58. The summed E-state index contributed by atoms with van der Waals surface area (Å²) in [6, 6.07) is 7.48. The van der Waals surface area contributed by atoms with Crippen molar-refractivity contribution in [2.24, 2.45) is 5.73 Å². The topological polar surface area (TPSA) is 58.4 Å². The average Bonchev–Trinajstić information content (AvgIpc) is 2.21. The Morgan fingerprint density at radius 3 is 2.62 bits per heavy atom. The molecule has 0 saturated carbocycles. The summed E-state index contributed by atoms with van der Waals surface area (Å²) in [6.07, 6.45) is 0. The molecule has 0 fully saturated rings. The van der Waals surface area contributed by atoms with E-state index in [9.17, 15) is 4.79 Å². The maximum atomic E-state index is 11.6. The summed E-state index contributed by atoms with van der Waals surface area (Å²) in [5.74, 6) is -0.0294. The van der Waals surface area contributed by atoms with E-state index in [-0.39, 0.29) is 5.91 Å². The Bertz CT molecular complexity index is 340. The molecule has 16 heavy (non-hydrogen) atoms. The molecule has 1 aromatic carbocycles. The number of halogens is 1. The molecule has 1 rings (SSSR count). The Morgan fingerprint density at radius 1 is 1.44 bits per heavy atom. The number of benzene rings is 1. The van der Waals surface area contributed by atoms with E-state index in [1.807, 2.05) is 36.2 Å². The molecule has 0 unspecified atom stereocenters. The van der Waals surface area contributed by atoms with Crippen LogP contribution < -0.4 is 11.1 Å². The number of amides is 1. The lowest BCUT2D eigenvalue weighted by atomic mass is 10.3. The maximum Gasteiger partial charge on any atom is 0.238 e. The second-order valence-electron chi connectivity index (χ2n) is 3.58. The summed E-state index contributed by atoms with van der Waals surface area (Å²) in [5.41, 5.74) is 6.20. The summed E-state index contributed by atoms with van der Waals surface area (Å²) in [4.78, 5) is 13.5. The third-order valence-electron chi connectivity index (χ3n) is 2.05. The van der Waals surface area contributed by atoms with Crippen molar-refractivity contribution in [3.05, 3.63) is 28.7 Å². The fourth-order valence-electron chi connectivity index (χ4n) is 1.28. The minimum Gasteiger partial charge on any atom is -0.329 e. The second-order valence-corrected chi connectivity index (χ2v) is 4.50. The van der Waals surface area contributed by atoms with Crippen molar-refractivity contribution >= 4 is 27.5 Å².